The molecule has 0 spiro atoms. The number of halogens is 51. The molecule has 0 saturated heterocycles. The molecule has 0 saturated carbocycles. The van der Waals surface area contributed by atoms with Crippen LogP contribution in [0.3, 0.4) is 0 Å². The van der Waals surface area contributed by atoms with Gasteiger partial charge in [-0.25, -0.2) is 26.3 Å². The minimum absolute atomic E-state index is 8.87. The average molecular weight is 1290 g/mol. The van der Waals surface area contributed by atoms with Gasteiger partial charge in [0.2, 0.25) is 0 Å². The van der Waals surface area contributed by atoms with Crippen molar-refractivity contribution in [3.8, 4) is 0 Å². The fraction of sp³-hybridized carbons (Fsp3) is 1.00. The maximum atomic E-state index is 15.1. The van der Waals surface area contributed by atoms with Crippen LogP contribution in [0.2, 0.25) is 0 Å². The van der Waals surface area contributed by atoms with Gasteiger partial charge in [0, 0.05) is 0 Å². The van der Waals surface area contributed by atoms with E-state index >= 15 is 26.3 Å². The van der Waals surface area contributed by atoms with Crippen LogP contribution in [0.25, 0.3) is 0 Å². The molecule has 0 rings (SSSR count). The van der Waals surface area contributed by atoms with E-state index in [1.807, 2.05) is 0 Å². The van der Waals surface area contributed by atoms with E-state index < -0.39 is 151 Å². The third-order valence-electron chi connectivity index (χ3n) is 9.33. The lowest BCUT2D eigenvalue weighted by molar-refractivity contribution is -0.463. The summed E-state index contributed by atoms with van der Waals surface area (Å²) in [4.78, 5) is 0. The molecule has 0 amide bonds. The Balaban J connectivity index is 9.71. The molecule has 0 nitrogen and oxygen atoms in total. The van der Waals surface area contributed by atoms with Gasteiger partial charge in [0.1, 0.15) is 0 Å². The van der Waals surface area contributed by atoms with Gasteiger partial charge in [-0.05, 0) is 0 Å². The van der Waals surface area contributed by atoms with Crippen molar-refractivity contribution in [3.63, 3.8) is 0 Å². The predicted molar refractivity (Wildman–Crippen MR) is 129 cm³/mol. The molecule has 0 N–H and O–H groups in total. The van der Waals surface area contributed by atoms with E-state index in [-0.39, 0.29) is 0 Å². The lowest BCUT2D eigenvalue weighted by Gasteiger charge is -2.49. The smallest absolute Gasteiger partial charge is 0.205 e. The fourth-order valence-corrected chi connectivity index (χ4v) is 7.75. The van der Waals surface area contributed by atoms with Gasteiger partial charge in [-0.1, -0.05) is 0 Å². The summed E-state index contributed by atoms with van der Waals surface area (Å²) < 4.78 is 702. The summed E-state index contributed by atoms with van der Waals surface area (Å²) in [6.07, 6.45) is -26.6. The van der Waals surface area contributed by atoms with E-state index in [4.69, 9.17) is 0 Å². The van der Waals surface area contributed by atoms with Crippen molar-refractivity contribution in [2.75, 3.05) is 0 Å². The zero-order chi connectivity index (χ0) is 63.6. The molecule has 0 aliphatic carbocycles. The molecule has 0 bridgehead atoms. The summed E-state index contributed by atoms with van der Waals surface area (Å²) in [7, 11) is -13.2. The van der Waals surface area contributed by atoms with Crippen LogP contribution in [0.4, 0.5) is 224 Å². The maximum Gasteiger partial charge on any atom is 0.460 e. The zero-order valence-corrected chi connectivity index (χ0v) is 33.0. The molecule has 0 aromatic carbocycles. The highest BCUT2D eigenvalue weighted by Gasteiger charge is 3.04. The molecule has 458 valence electrons. The average Bonchev–Trinajstić information content (AvgIpc) is 3.14. The Morgan fingerprint density at radius 2 is 0.184 bits per heavy atom. The molecule has 76 heavy (non-hydrogen) atoms. The molecule has 0 aliphatic rings. The van der Waals surface area contributed by atoms with Gasteiger partial charge in [-0.3, -0.25) is 0 Å². The summed E-state index contributed by atoms with van der Waals surface area (Å²) >= 11 is 0. The number of rotatable bonds is 21. The molecule has 0 unspecified atom stereocenters. The minimum Gasteiger partial charge on any atom is -0.205 e. The second kappa shape index (κ2) is 17.3. The first-order valence-electron chi connectivity index (χ1n) is 15.8. The Morgan fingerprint density at radius 1 is 0.105 bits per heavy atom. The first-order valence-corrected chi connectivity index (χ1v) is 17.5. The number of hydrogen-bond acceptors (Lipinski definition) is 0. The van der Waals surface area contributed by atoms with E-state index in [0.717, 1.165) is 0 Å². The summed E-state index contributed by atoms with van der Waals surface area (Å²) in [5.74, 6) is -189. The second-order valence-corrected chi connectivity index (χ2v) is 17.2. The molecular weight excluding hydrogens is 1290 g/mol. The second-order valence-electron chi connectivity index (χ2n) is 14.1. The monoisotopic (exact) mass is 1290 g/mol. The van der Waals surface area contributed by atoms with Crippen molar-refractivity contribution >= 4 is 8.80 Å². The fourth-order valence-electron chi connectivity index (χ4n) is 4.75. The van der Waals surface area contributed by atoms with Crippen LogP contribution in [0.5, 0.6) is 0 Å². The molecule has 0 heterocycles. The van der Waals surface area contributed by atoms with Crippen LogP contribution in [0, 0.1) is 0 Å². The number of hydrogen-bond donors (Lipinski definition) is 0. The topological polar surface area (TPSA) is 0 Å². The van der Waals surface area contributed by atoms with Crippen LogP contribution >= 0.6 is 0 Å². The van der Waals surface area contributed by atoms with E-state index in [0.29, 0.717) is 0 Å². The quantitative estimate of drug-likeness (QED) is 0.0794. The van der Waals surface area contributed by atoms with Crippen molar-refractivity contribution < 1.29 is 224 Å². The standard InChI is InChI=1S/C24HF51Si/c25-1(26,7(37,38)13(49,50)19(61,62)63)4(31,32)10(43,44)16(55,56)22(70,71)76(23(72,73)17(57,58)11(45,46)5(33,34)2(27,28)8(39,40)14(51,52)20(64,65)66)24(74,75)18(59,60)12(47,48)6(35,36)3(29,30)9(41,42)15(53,54)21(67,68)69/h76H. The summed E-state index contributed by atoms with van der Waals surface area (Å²) in [5, 5.41) is 0. The molecule has 0 fully saturated rings. The maximum absolute atomic E-state index is 15.1. The molecule has 0 aromatic heterocycles. The van der Waals surface area contributed by atoms with E-state index in [9.17, 15) is 198 Å². The van der Waals surface area contributed by atoms with Crippen LogP contribution in [-0.4, -0.2) is 151 Å². The Kier molecular flexibility index (Phi) is 16.6. The van der Waals surface area contributed by atoms with Crippen LogP contribution in [0.1, 0.15) is 0 Å². The molecule has 52 heteroatoms. The normalized spacial score (nSPS) is 17.5. The van der Waals surface area contributed by atoms with Crippen LogP contribution < -0.4 is 0 Å². The lowest BCUT2D eigenvalue weighted by Crippen LogP contribution is -2.85. The molecule has 0 aliphatic heterocycles. The Labute approximate surface area is 376 Å². The molecule has 0 atom stereocenters. The Bertz CT molecular complexity index is 1850. The predicted octanol–water partition coefficient (Wildman–Crippen LogP) is 15.9. The minimum atomic E-state index is -13.2. The first kappa shape index (κ1) is 72.6. The summed E-state index contributed by atoms with van der Waals surface area (Å²) in [6, 6.07) is 0. The highest BCUT2D eigenvalue weighted by molar-refractivity contribution is 6.67. The van der Waals surface area contributed by atoms with Gasteiger partial charge in [0.15, 0.2) is 0 Å². The SMILES string of the molecule is FC(F)(F)C(F)(F)C(F)(F)C(F)(F)C(F)(F)C(F)(F)C(F)(F)C(F)(F)[SiH](C(F)(F)C(F)(F)C(F)(F)C(F)(F)C(F)(F)C(F)(F)C(F)(F)C(F)(F)F)C(F)(F)C(F)(F)C(F)(F)C(F)(F)C(F)(F)C(F)(F)C(F)(F)C(F)(F)F. The van der Waals surface area contributed by atoms with Gasteiger partial charge < -0.3 is 0 Å². The van der Waals surface area contributed by atoms with Gasteiger partial charge in [-0.15, -0.1) is 0 Å². The van der Waals surface area contributed by atoms with E-state index in [2.05, 4.69) is 0 Å². The molecular formula is C24HF51Si. The first-order chi connectivity index (χ1) is 31.6. The van der Waals surface area contributed by atoms with E-state index in [1.165, 1.54) is 0 Å². The molecule has 0 radical (unpaired) electrons. The van der Waals surface area contributed by atoms with Crippen molar-refractivity contribution in [1.29, 1.82) is 0 Å². The van der Waals surface area contributed by atoms with Crippen LogP contribution in [-0.2, 0) is 0 Å². The highest BCUT2D eigenvalue weighted by atomic mass is 28.3. The van der Waals surface area contributed by atoms with Gasteiger partial charge in [0.25, 0.3) is 0 Å². The van der Waals surface area contributed by atoms with Gasteiger partial charge >= 0.3 is 151 Å². The van der Waals surface area contributed by atoms with Gasteiger partial charge in [-0.2, -0.15) is 198 Å². The Morgan fingerprint density at radius 3 is 0.276 bits per heavy atom. The van der Waals surface area contributed by atoms with Crippen molar-refractivity contribution in [3.05, 3.63) is 0 Å². The van der Waals surface area contributed by atoms with Crippen molar-refractivity contribution in [2.24, 2.45) is 0 Å². The largest absolute Gasteiger partial charge is 0.460 e. The van der Waals surface area contributed by atoms with Crippen molar-refractivity contribution in [1.82, 2.24) is 0 Å². The highest BCUT2D eigenvalue weighted by Crippen LogP contribution is 2.71. The third kappa shape index (κ3) is 8.26. The van der Waals surface area contributed by atoms with Crippen LogP contribution in [0.15, 0.2) is 0 Å². The van der Waals surface area contributed by atoms with E-state index in [1.54, 1.807) is 0 Å². The molecule has 0 aromatic rings. The third-order valence-corrected chi connectivity index (χ3v) is 12.6. The lowest BCUT2D eigenvalue weighted by atomic mass is 9.91. The number of alkyl halides is 51. The van der Waals surface area contributed by atoms with Crippen molar-refractivity contribution in [2.45, 2.75) is 142 Å². The Hall–Kier alpha value is -3.35. The van der Waals surface area contributed by atoms with Gasteiger partial charge in [0.05, 0.1) is 0 Å². The summed E-state index contributed by atoms with van der Waals surface area (Å²) in [5.41, 5.74) is -34.3. The zero-order valence-electron chi connectivity index (χ0n) is 31.9. The summed E-state index contributed by atoms with van der Waals surface area (Å²) in [6.45, 7) is 0.